The fraction of sp³-hybridized carbons (Fsp3) is 0.261. The fourth-order valence-electron chi connectivity index (χ4n) is 2.78. The number of esters is 1. The van der Waals surface area contributed by atoms with Crippen molar-refractivity contribution in [3.05, 3.63) is 77.7 Å². The van der Waals surface area contributed by atoms with Crippen LogP contribution < -0.4 is 4.74 Å². The van der Waals surface area contributed by atoms with E-state index in [-0.39, 0.29) is 5.69 Å². The molecule has 3 rings (SSSR count). The van der Waals surface area contributed by atoms with Gasteiger partial charge < -0.3 is 4.74 Å². The average Bonchev–Trinajstić information content (AvgIpc) is 2.70. The summed E-state index contributed by atoms with van der Waals surface area (Å²) in [6.45, 7) is 4.23. The monoisotopic (exact) mass is 360 g/mol. The fourth-order valence-corrected chi connectivity index (χ4v) is 2.78. The van der Waals surface area contributed by atoms with Gasteiger partial charge in [-0.1, -0.05) is 61.7 Å². The van der Waals surface area contributed by atoms with Crippen molar-refractivity contribution < 1.29 is 9.53 Å². The highest BCUT2D eigenvalue weighted by Gasteiger charge is 2.11. The van der Waals surface area contributed by atoms with Gasteiger partial charge in [0.25, 0.3) is 0 Å². The first-order chi connectivity index (χ1) is 13.2. The normalized spacial score (nSPS) is 10.6. The molecule has 138 valence electrons. The van der Waals surface area contributed by atoms with E-state index in [9.17, 15) is 4.79 Å². The molecule has 27 heavy (non-hydrogen) atoms. The van der Waals surface area contributed by atoms with Gasteiger partial charge in [0.05, 0.1) is 0 Å². The Labute approximate surface area is 160 Å². The van der Waals surface area contributed by atoms with Crippen LogP contribution in [0.15, 0.2) is 60.9 Å². The number of benzene rings is 1. The minimum atomic E-state index is -0.503. The quantitative estimate of drug-likeness (QED) is 0.418. The van der Waals surface area contributed by atoms with Crippen molar-refractivity contribution in [2.24, 2.45) is 0 Å². The Morgan fingerprint density at radius 3 is 2.30 bits per heavy atom. The summed E-state index contributed by atoms with van der Waals surface area (Å²) in [5.74, 6) is -0.208. The maximum Gasteiger partial charge on any atom is 0.363 e. The molecule has 3 aromatic rings. The minimum Gasteiger partial charge on any atom is -0.403 e. The lowest BCUT2D eigenvalue weighted by molar-refractivity contribution is 0.0721. The molecule has 4 heteroatoms. The van der Waals surface area contributed by atoms with Gasteiger partial charge in [-0.3, -0.25) is 0 Å². The van der Waals surface area contributed by atoms with Gasteiger partial charge in [0.1, 0.15) is 5.69 Å². The van der Waals surface area contributed by atoms with E-state index < -0.39 is 5.97 Å². The van der Waals surface area contributed by atoms with Crippen LogP contribution in [-0.4, -0.2) is 15.9 Å². The van der Waals surface area contributed by atoms with Gasteiger partial charge in [-0.15, -0.1) is 0 Å². The average molecular weight is 360 g/mol. The lowest BCUT2D eigenvalue weighted by Gasteiger charge is -2.06. The van der Waals surface area contributed by atoms with Crippen LogP contribution in [0.3, 0.4) is 0 Å². The summed E-state index contributed by atoms with van der Waals surface area (Å²) in [5.41, 5.74) is 4.65. The zero-order chi connectivity index (χ0) is 19.1. The SMILES string of the molecule is CCCCCc1ccc(OC(=O)c2ccc(-c3ccc(C)cc3)cn2)nc1. The number of hydrogen-bond acceptors (Lipinski definition) is 4. The molecular formula is C23H24N2O2. The van der Waals surface area contributed by atoms with E-state index in [1.807, 2.05) is 31.2 Å². The van der Waals surface area contributed by atoms with Crippen LogP contribution in [0.2, 0.25) is 0 Å². The van der Waals surface area contributed by atoms with E-state index in [1.54, 1.807) is 24.5 Å². The van der Waals surface area contributed by atoms with Crippen LogP contribution in [0.1, 0.15) is 47.8 Å². The third-order valence-corrected chi connectivity index (χ3v) is 4.42. The molecule has 0 fully saturated rings. The zero-order valence-corrected chi connectivity index (χ0v) is 15.8. The molecule has 4 nitrogen and oxygen atoms in total. The van der Waals surface area contributed by atoms with E-state index in [0.29, 0.717) is 5.88 Å². The van der Waals surface area contributed by atoms with Crippen LogP contribution in [0, 0.1) is 6.92 Å². The molecule has 0 bridgehead atoms. The molecule has 0 saturated carbocycles. The topological polar surface area (TPSA) is 52.1 Å². The predicted molar refractivity (Wildman–Crippen MR) is 107 cm³/mol. The molecule has 2 heterocycles. The second-order valence-electron chi connectivity index (χ2n) is 6.65. The summed E-state index contributed by atoms with van der Waals surface area (Å²) in [6, 6.07) is 15.4. The molecule has 1 aromatic carbocycles. The Morgan fingerprint density at radius 1 is 0.889 bits per heavy atom. The number of unbranched alkanes of at least 4 members (excludes halogenated alkanes) is 2. The number of hydrogen-bond donors (Lipinski definition) is 0. The highest BCUT2D eigenvalue weighted by molar-refractivity contribution is 5.89. The van der Waals surface area contributed by atoms with Crippen LogP contribution >= 0.6 is 0 Å². The number of rotatable bonds is 7. The molecule has 0 aliphatic carbocycles. The third kappa shape index (κ3) is 5.23. The van der Waals surface area contributed by atoms with Crippen molar-refractivity contribution in [1.82, 2.24) is 9.97 Å². The van der Waals surface area contributed by atoms with Crippen molar-refractivity contribution in [1.29, 1.82) is 0 Å². The first-order valence-electron chi connectivity index (χ1n) is 9.36. The molecule has 0 N–H and O–H groups in total. The van der Waals surface area contributed by atoms with Crippen molar-refractivity contribution in [3.63, 3.8) is 0 Å². The number of carbonyl (C=O) groups excluding carboxylic acids is 1. The molecule has 0 unspecified atom stereocenters. The number of aromatic nitrogens is 2. The maximum absolute atomic E-state index is 12.3. The smallest absolute Gasteiger partial charge is 0.363 e. The molecule has 0 aliphatic heterocycles. The summed E-state index contributed by atoms with van der Waals surface area (Å²) in [4.78, 5) is 20.7. The Morgan fingerprint density at radius 2 is 1.67 bits per heavy atom. The van der Waals surface area contributed by atoms with Gasteiger partial charge >= 0.3 is 5.97 Å². The second-order valence-corrected chi connectivity index (χ2v) is 6.65. The Balaban J connectivity index is 1.61. The van der Waals surface area contributed by atoms with Gasteiger partial charge in [0.15, 0.2) is 0 Å². The van der Waals surface area contributed by atoms with Crippen LogP contribution in [0.25, 0.3) is 11.1 Å². The summed E-state index contributed by atoms with van der Waals surface area (Å²) < 4.78 is 5.33. The van der Waals surface area contributed by atoms with Crippen LogP contribution in [-0.2, 0) is 6.42 Å². The number of aryl methyl sites for hydroxylation is 2. The van der Waals surface area contributed by atoms with Crippen molar-refractivity contribution >= 4 is 5.97 Å². The van der Waals surface area contributed by atoms with Gasteiger partial charge in [-0.05, 0) is 37.0 Å². The molecule has 0 atom stereocenters. The molecular weight excluding hydrogens is 336 g/mol. The third-order valence-electron chi connectivity index (χ3n) is 4.42. The zero-order valence-electron chi connectivity index (χ0n) is 15.8. The first kappa shape index (κ1) is 18.8. The van der Waals surface area contributed by atoms with Gasteiger partial charge in [-0.2, -0.15) is 0 Å². The van der Waals surface area contributed by atoms with Crippen molar-refractivity contribution in [2.45, 2.75) is 39.5 Å². The van der Waals surface area contributed by atoms with E-state index in [1.165, 1.54) is 18.4 Å². The first-order valence-corrected chi connectivity index (χ1v) is 9.36. The molecule has 0 aliphatic rings. The molecule has 0 saturated heterocycles. The largest absolute Gasteiger partial charge is 0.403 e. The summed E-state index contributed by atoms with van der Waals surface area (Å²) in [5, 5.41) is 0. The van der Waals surface area contributed by atoms with Crippen molar-refractivity contribution in [2.75, 3.05) is 0 Å². The lowest BCUT2D eigenvalue weighted by atomic mass is 10.1. The predicted octanol–water partition coefficient (Wildman–Crippen LogP) is 5.40. The summed E-state index contributed by atoms with van der Waals surface area (Å²) in [6.07, 6.45) is 8.00. The summed E-state index contributed by atoms with van der Waals surface area (Å²) in [7, 11) is 0. The van der Waals surface area contributed by atoms with E-state index >= 15 is 0 Å². The number of nitrogens with zero attached hydrogens (tertiary/aromatic N) is 2. The number of carbonyl (C=O) groups is 1. The van der Waals surface area contributed by atoms with E-state index in [0.717, 1.165) is 29.5 Å². The molecule has 0 amide bonds. The van der Waals surface area contributed by atoms with Gasteiger partial charge in [-0.25, -0.2) is 14.8 Å². The molecule has 0 radical (unpaired) electrons. The van der Waals surface area contributed by atoms with Crippen molar-refractivity contribution in [3.8, 4) is 17.0 Å². The maximum atomic E-state index is 12.3. The van der Waals surface area contributed by atoms with Crippen LogP contribution in [0.5, 0.6) is 5.88 Å². The Bertz CT molecular complexity index is 870. The van der Waals surface area contributed by atoms with Gasteiger partial charge in [0, 0.05) is 24.0 Å². The Kier molecular flexibility index (Phi) is 6.31. The highest BCUT2D eigenvalue weighted by atomic mass is 16.5. The van der Waals surface area contributed by atoms with E-state index in [2.05, 4.69) is 29.0 Å². The minimum absolute atomic E-state index is 0.264. The molecule has 0 spiro atoms. The standard InChI is InChI=1S/C23H24N2O2/c1-3-4-5-6-18-9-14-22(25-15-18)27-23(26)21-13-12-20(16-24-21)19-10-7-17(2)8-11-19/h7-16H,3-6H2,1-2H3. The summed E-state index contributed by atoms with van der Waals surface area (Å²) >= 11 is 0. The lowest BCUT2D eigenvalue weighted by Crippen LogP contribution is -2.11. The van der Waals surface area contributed by atoms with E-state index in [4.69, 9.17) is 4.74 Å². The number of pyridine rings is 2. The number of ether oxygens (including phenoxy) is 1. The Hall–Kier alpha value is -3.01. The molecule has 2 aromatic heterocycles. The second kappa shape index (κ2) is 9.08. The van der Waals surface area contributed by atoms with Gasteiger partial charge in [0.2, 0.25) is 5.88 Å². The van der Waals surface area contributed by atoms with Crippen LogP contribution in [0.4, 0.5) is 0 Å². The highest BCUT2D eigenvalue weighted by Crippen LogP contribution is 2.19.